The fourth-order valence-corrected chi connectivity index (χ4v) is 4.80. The van der Waals surface area contributed by atoms with Crippen molar-refractivity contribution in [1.82, 2.24) is 4.98 Å². The van der Waals surface area contributed by atoms with E-state index in [9.17, 15) is 4.79 Å². The van der Waals surface area contributed by atoms with Gasteiger partial charge in [-0.2, -0.15) is 0 Å². The van der Waals surface area contributed by atoms with Crippen LogP contribution in [0.4, 0.5) is 5.13 Å². The lowest BCUT2D eigenvalue weighted by molar-refractivity contribution is -0.115. The van der Waals surface area contributed by atoms with Gasteiger partial charge >= 0.3 is 0 Å². The molecular formula is C22H18N2OS2. The molecule has 1 atom stereocenters. The topological polar surface area (TPSA) is 42.0 Å². The number of thioether (sulfide) groups is 1. The highest BCUT2D eigenvalue weighted by molar-refractivity contribution is 8.00. The van der Waals surface area contributed by atoms with Gasteiger partial charge < -0.3 is 5.32 Å². The first-order valence-electron chi connectivity index (χ1n) is 8.64. The Labute approximate surface area is 166 Å². The molecule has 134 valence electrons. The van der Waals surface area contributed by atoms with E-state index in [0.717, 1.165) is 20.7 Å². The van der Waals surface area contributed by atoms with Crippen LogP contribution in [0.2, 0.25) is 0 Å². The number of rotatable bonds is 5. The second-order valence-corrected chi connectivity index (χ2v) is 8.41. The maximum atomic E-state index is 13.1. The first-order valence-corrected chi connectivity index (χ1v) is 10.3. The monoisotopic (exact) mass is 390 g/mol. The number of anilines is 1. The van der Waals surface area contributed by atoms with E-state index in [1.165, 1.54) is 16.9 Å². The molecule has 27 heavy (non-hydrogen) atoms. The molecule has 0 aliphatic heterocycles. The van der Waals surface area contributed by atoms with Crippen LogP contribution in [0, 0.1) is 6.92 Å². The predicted octanol–water partition coefficient (Wildman–Crippen LogP) is 6.08. The Hall–Kier alpha value is -2.63. The Morgan fingerprint density at radius 3 is 2.44 bits per heavy atom. The molecule has 5 heteroatoms. The van der Waals surface area contributed by atoms with E-state index in [0.29, 0.717) is 5.13 Å². The third-order valence-electron chi connectivity index (χ3n) is 4.11. The number of carbonyl (C=O) groups is 1. The number of hydrogen-bond donors (Lipinski definition) is 1. The number of nitrogens with zero attached hydrogens (tertiary/aromatic N) is 1. The quantitative estimate of drug-likeness (QED) is 0.420. The molecule has 1 amide bonds. The Morgan fingerprint density at radius 2 is 1.70 bits per heavy atom. The van der Waals surface area contributed by atoms with E-state index >= 15 is 0 Å². The SMILES string of the molecule is Cc1ccc2nc(NC(=O)[C@H](Sc3ccccc3)c3ccccc3)sc2c1. The predicted molar refractivity (Wildman–Crippen MR) is 114 cm³/mol. The minimum absolute atomic E-state index is 0.0640. The number of carbonyl (C=O) groups excluding carboxylic acids is 1. The Morgan fingerprint density at radius 1 is 1.00 bits per heavy atom. The Balaban J connectivity index is 1.61. The van der Waals surface area contributed by atoms with Gasteiger partial charge in [-0.05, 0) is 42.3 Å². The van der Waals surface area contributed by atoms with Crippen molar-refractivity contribution in [3.05, 3.63) is 90.0 Å². The molecule has 1 heterocycles. The summed E-state index contributed by atoms with van der Waals surface area (Å²) in [5, 5.41) is 3.31. The molecule has 0 unspecified atom stereocenters. The average molecular weight is 391 g/mol. The lowest BCUT2D eigenvalue weighted by Gasteiger charge is -2.16. The molecule has 3 nitrogen and oxygen atoms in total. The zero-order valence-electron chi connectivity index (χ0n) is 14.8. The van der Waals surface area contributed by atoms with Gasteiger partial charge in [0.2, 0.25) is 5.91 Å². The minimum atomic E-state index is -0.345. The molecule has 0 aliphatic rings. The zero-order valence-corrected chi connectivity index (χ0v) is 16.4. The molecule has 0 fully saturated rings. The highest BCUT2D eigenvalue weighted by Gasteiger charge is 2.23. The smallest absolute Gasteiger partial charge is 0.244 e. The molecule has 4 rings (SSSR count). The van der Waals surface area contributed by atoms with E-state index in [1.54, 1.807) is 11.8 Å². The van der Waals surface area contributed by atoms with Gasteiger partial charge in [0.25, 0.3) is 0 Å². The number of amides is 1. The van der Waals surface area contributed by atoms with E-state index < -0.39 is 0 Å². The van der Waals surface area contributed by atoms with E-state index in [2.05, 4.69) is 23.3 Å². The first kappa shape index (κ1) is 17.8. The molecular weight excluding hydrogens is 372 g/mol. The molecule has 3 aromatic carbocycles. The number of aromatic nitrogens is 1. The summed E-state index contributed by atoms with van der Waals surface area (Å²) in [6.07, 6.45) is 0. The standard InChI is InChI=1S/C22H18N2OS2/c1-15-12-13-18-19(14-15)27-22(23-18)24-21(25)20(16-8-4-2-5-9-16)26-17-10-6-3-7-11-17/h2-14,20H,1H3,(H,23,24,25)/t20-/m1/s1. The number of hydrogen-bond acceptors (Lipinski definition) is 4. The number of benzene rings is 3. The second-order valence-electron chi connectivity index (χ2n) is 6.20. The molecule has 0 aliphatic carbocycles. The highest BCUT2D eigenvalue weighted by Crippen LogP contribution is 2.37. The van der Waals surface area contributed by atoms with Gasteiger partial charge in [0.15, 0.2) is 5.13 Å². The van der Waals surface area contributed by atoms with Crippen LogP contribution in [0.5, 0.6) is 0 Å². The van der Waals surface area contributed by atoms with Crippen molar-refractivity contribution in [2.75, 3.05) is 5.32 Å². The fraction of sp³-hybridized carbons (Fsp3) is 0.0909. The molecule has 0 saturated heterocycles. The van der Waals surface area contributed by atoms with Crippen LogP contribution in [0.3, 0.4) is 0 Å². The van der Waals surface area contributed by atoms with Crippen molar-refractivity contribution in [2.24, 2.45) is 0 Å². The van der Waals surface area contributed by atoms with Gasteiger partial charge in [0.1, 0.15) is 5.25 Å². The lowest BCUT2D eigenvalue weighted by Crippen LogP contribution is -2.18. The van der Waals surface area contributed by atoms with Crippen molar-refractivity contribution in [1.29, 1.82) is 0 Å². The van der Waals surface area contributed by atoms with Gasteiger partial charge in [0.05, 0.1) is 10.2 Å². The van der Waals surface area contributed by atoms with Crippen molar-refractivity contribution in [3.8, 4) is 0 Å². The third kappa shape index (κ3) is 4.21. The van der Waals surface area contributed by atoms with Gasteiger partial charge in [-0.3, -0.25) is 4.79 Å². The highest BCUT2D eigenvalue weighted by atomic mass is 32.2. The summed E-state index contributed by atoms with van der Waals surface area (Å²) in [5.74, 6) is -0.0640. The van der Waals surface area contributed by atoms with Crippen LogP contribution < -0.4 is 5.32 Å². The molecule has 0 bridgehead atoms. The molecule has 4 aromatic rings. The number of nitrogens with one attached hydrogen (secondary N) is 1. The molecule has 0 saturated carbocycles. The second kappa shape index (κ2) is 7.94. The molecule has 0 radical (unpaired) electrons. The average Bonchev–Trinajstić information content (AvgIpc) is 3.08. The summed E-state index contributed by atoms with van der Waals surface area (Å²) >= 11 is 3.05. The summed E-state index contributed by atoms with van der Waals surface area (Å²) in [5.41, 5.74) is 3.07. The molecule has 1 aromatic heterocycles. The first-order chi connectivity index (χ1) is 13.2. The van der Waals surface area contributed by atoms with E-state index in [4.69, 9.17) is 0 Å². The summed E-state index contributed by atoms with van der Waals surface area (Å²) in [4.78, 5) is 18.7. The van der Waals surface area contributed by atoms with Crippen LogP contribution in [-0.4, -0.2) is 10.9 Å². The fourth-order valence-electron chi connectivity index (χ4n) is 2.79. The largest absolute Gasteiger partial charge is 0.301 e. The van der Waals surface area contributed by atoms with Crippen LogP contribution in [0.1, 0.15) is 16.4 Å². The van der Waals surface area contributed by atoms with Gasteiger partial charge in [0, 0.05) is 4.90 Å². The number of fused-ring (bicyclic) bond motifs is 1. The van der Waals surface area contributed by atoms with Crippen molar-refractivity contribution < 1.29 is 4.79 Å². The molecule has 1 N–H and O–H groups in total. The maximum Gasteiger partial charge on any atom is 0.244 e. The van der Waals surface area contributed by atoms with Crippen LogP contribution in [0.25, 0.3) is 10.2 Å². The van der Waals surface area contributed by atoms with E-state index in [-0.39, 0.29) is 11.2 Å². The van der Waals surface area contributed by atoms with Crippen molar-refractivity contribution >= 4 is 44.4 Å². The zero-order chi connectivity index (χ0) is 18.6. The van der Waals surface area contributed by atoms with Gasteiger partial charge in [-0.15, -0.1) is 11.8 Å². The maximum absolute atomic E-state index is 13.1. The van der Waals surface area contributed by atoms with Crippen molar-refractivity contribution in [3.63, 3.8) is 0 Å². The van der Waals surface area contributed by atoms with Crippen LogP contribution in [0.15, 0.2) is 83.8 Å². The molecule has 0 spiro atoms. The third-order valence-corrected chi connectivity index (χ3v) is 6.31. The van der Waals surface area contributed by atoms with Crippen molar-refractivity contribution in [2.45, 2.75) is 17.1 Å². The summed E-state index contributed by atoms with van der Waals surface area (Å²) in [7, 11) is 0. The van der Waals surface area contributed by atoms with Gasteiger partial charge in [-0.25, -0.2) is 4.98 Å². The number of thiazole rings is 1. The minimum Gasteiger partial charge on any atom is -0.301 e. The Bertz CT molecular complexity index is 1060. The normalized spacial score (nSPS) is 12.0. The Kier molecular flexibility index (Phi) is 5.23. The van der Waals surface area contributed by atoms with Crippen LogP contribution >= 0.6 is 23.1 Å². The number of aryl methyl sites for hydroxylation is 1. The lowest BCUT2D eigenvalue weighted by atomic mass is 10.1. The summed E-state index contributed by atoms with van der Waals surface area (Å²) in [6.45, 7) is 2.05. The van der Waals surface area contributed by atoms with Gasteiger partial charge in [-0.1, -0.05) is 65.9 Å². The summed E-state index contributed by atoms with van der Waals surface area (Å²) < 4.78 is 1.08. The van der Waals surface area contributed by atoms with E-state index in [1.807, 2.05) is 72.8 Å². The van der Waals surface area contributed by atoms with Crippen LogP contribution in [-0.2, 0) is 4.79 Å². The summed E-state index contributed by atoms with van der Waals surface area (Å²) in [6, 6.07) is 26.0.